The highest BCUT2D eigenvalue weighted by molar-refractivity contribution is 6.18. The number of carbonyl (C=O) groups is 1. The van der Waals surface area contributed by atoms with Crippen molar-refractivity contribution in [3.05, 3.63) is 29.8 Å². The van der Waals surface area contributed by atoms with E-state index in [9.17, 15) is 9.90 Å². The number of hydrogen-bond acceptors (Lipinski definition) is 4. The molecule has 0 amide bonds. The van der Waals surface area contributed by atoms with Crippen molar-refractivity contribution < 1.29 is 14.6 Å². The van der Waals surface area contributed by atoms with Crippen LogP contribution in [0, 0.1) is 0 Å². The van der Waals surface area contributed by atoms with Gasteiger partial charge in [-0.1, -0.05) is 12.1 Å². The summed E-state index contributed by atoms with van der Waals surface area (Å²) in [5.74, 6) is -0.0857. The Kier molecular flexibility index (Phi) is 5.80. The molecule has 17 heavy (non-hydrogen) atoms. The first-order valence-corrected chi connectivity index (χ1v) is 5.83. The Hall–Kier alpha value is -1.26. The summed E-state index contributed by atoms with van der Waals surface area (Å²) in [7, 11) is 1.36. The maximum absolute atomic E-state index is 11.1. The normalized spacial score (nSPS) is 11.9. The van der Waals surface area contributed by atoms with Gasteiger partial charge in [0.15, 0.2) is 0 Å². The minimum absolute atomic E-state index is 0.189. The van der Waals surface area contributed by atoms with E-state index >= 15 is 0 Å². The number of nitrogens with one attached hydrogen (secondary N) is 1. The van der Waals surface area contributed by atoms with Gasteiger partial charge in [0.2, 0.25) is 0 Å². The maximum atomic E-state index is 11.1. The van der Waals surface area contributed by atoms with Gasteiger partial charge in [-0.3, -0.25) is 4.79 Å². The highest BCUT2D eigenvalue weighted by Crippen LogP contribution is 2.11. The fraction of sp³-hybridized carbons (Fsp3) is 0.417. The van der Waals surface area contributed by atoms with Crippen molar-refractivity contribution in [2.24, 2.45) is 0 Å². The van der Waals surface area contributed by atoms with Gasteiger partial charge in [-0.15, -0.1) is 11.6 Å². The van der Waals surface area contributed by atoms with E-state index in [0.717, 1.165) is 11.3 Å². The number of hydrogen-bond donors (Lipinski definition) is 2. The van der Waals surface area contributed by atoms with Crippen molar-refractivity contribution >= 4 is 23.3 Å². The van der Waals surface area contributed by atoms with Gasteiger partial charge in [0.25, 0.3) is 0 Å². The zero-order valence-electron chi connectivity index (χ0n) is 9.65. The number of carbonyl (C=O) groups excluding carboxylic acids is 1. The smallest absolute Gasteiger partial charge is 0.309 e. The molecule has 0 heterocycles. The molecular weight excluding hydrogens is 242 g/mol. The first kappa shape index (κ1) is 13.8. The van der Waals surface area contributed by atoms with E-state index < -0.39 is 6.10 Å². The predicted octanol–water partition coefficient (Wildman–Crippen LogP) is 1.41. The van der Waals surface area contributed by atoms with Crippen LogP contribution in [0.4, 0.5) is 5.69 Å². The second-order valence-electron chi connectivity index (χ2n) is 3.64. The molecule has 0 aliphatic rings. The molecule has 1 atom stereocenters. The number of ether oxygens (including phenoxy) is 1. The van der Waals surface area contributed by atoms with Crippen LogP contribution in [-0.2, 0) is 16.0 Å². The van der Waals surface area contributed by atoms with Gasteiger partial charge < -0.3 is 15.2 Å². The number of anilines is 1. The van der Waals surface area contributed by atoms with E-state index in [4.69, 9.17) is 11.6 Å². The van der Waals surface area contributed by atoms with Crippen molar-refractivity contribution in [2.45, 2.75) is 12.5 Å². The Morgan fingerprint density at radius 2 is 2.35 bits per heavy atom. The van der Waals surface area contributed by atoms with Crippen LogP contribution in [0.5, 0.6) is 0 Å². The van der Waals surface area contributed by atoms with Crippen molar-refractivity contribution in [3.8, 4) is 0 Å². The first-order valence-electron chi connectivity index (χ1n) is 5.29. The number of rotatable bonds is 6. The molecule has 0 saturated heterocycles. The average Bonchev–Trinajstić information content (AvgIpc) is 2.36. The minimum atomic E-state index is -0.582. The largest absolute Gasteiger partial charge is 0.469 e. The average molecular weight is 258 g/mol. The molecule has 0 saturated carbocycles. The molecule has 2 N–H and O–H groups in total. The van der Waals surface area contributed by atoms with Crippen LogP contribution in [0.1, 0.15) is 5.56 Å². The van der Waals surface area contributed by atoms with Crippen LogP contribution in [0.2, 0.25) is 0 Å². The molecule has 1 aromatic carbocycles. The lowest BCUT2D eigenvalue weighted by molar-refractivity contribution is -0.139. The number of aliphatic hydroxyl groups excluding tert-OH is 1. The number of halogens is 1. The van der Waals surface area contributed by atoms with Crippen LogP contribution < -0.4 is 5.32 Å². The van der Waals surface area contributed by atoms with Gasteiger partial charge in [0, 0.05) is 12.2 Å². The Bertz CT molecular complexity index is 371. The molecule has 1 aromatic rings. The van der Waals surface area contributed by atoms with Crippen molar-refractivity contribution in [3.63, 3.8) is 0 Å². The first-order chi connectivity index (χ1) is 8.15. The van der Waals surface area contributed by atoms with Crippen LogP contribution in [0.15, 0.2) is 24.3 Å². The number of aliphatic hydroxyl groups is 1. The van der Waals surface area contributed by atoms with Crippen molar-refractivity contribution in [1.82, 2.24) is 0 Å². The fourth-order valence-electron chi connectivity index (χ4n) is 1.32. The molecule has 4 nitrogen and oxygen atoms in total. The summed E-state index contributed by atoms with van der Waals surface area (Å²) >= 11 is 5.49. The van der Waals surface area contributed by atoms with Crippen LogP contribution in [-0.4, -0.2) is 36.7 Å². The Balaban J connectivity index is 2.56. The van der Waals surface area contributed by atoms with E-state index in [1.165, 1.54) is 7.11 Å². The van der Waals surface area contributed by atoms with E-state index in [-0.39, 0.29) is 18.3 Å². The van der Waals surface area contributed by atoms with Crippen LogP contribution >= 0.6 is 11.6 Å². The summed E-state index contributed by atoms with van der Waals surface area (Å²) < 4.78 is 4.59. The van der Waals surface area contributed by atoms with Gasteiger partial charge in [-0.25, -0.2) is 0 Å². The zero-order valence-corrected chi connectivity index (χ0v) is 10.4. The number of benzene rings is 1. The quantitative estimate of drug-likeness (QED) is 0.598. The Morgan fingerprint density at radius 1 is 1.59 bits per heavy atom. The molecule has 94 valence electrons. The van der Waals surface area contributed by atoms with Gasteiger partial charge in [-0.2, -0.15) is 0 Å². The summed E-state index contributed by atoms with van der Waals surface area (Å²) in [4.78, 5) is 11.1. The SMILES string of the molecule is COC(=O)Cc1cccc(NCC(O)CCl)c1. The fourth-order valence-corrected chi connectivity index (χ4v) is 1.43. The maximum Gasteiger partial charge on any atom is 0.309 e. The van der Waals surface area contributed by atoms with Gasteiger partial charge in [0.05, 0.1) is 25.5 Å². The minimum Gasteiger partial charge on any atom is -0.469 e. The molecule has 1 unspecified atom stereocenters. The highest BCUT2D eigenvalue weighted by atomic mass is 35.5. The monoisotopic (exact) mass is 257 g/mol. The second-order valence-corrected chi connectivity index (χ2v) is 3.95. The van der Waals surface area contributed by atoms with E-state index in [1.54, 1.807) is 0 Å². The van der Waals surface area contributed by atoms with E-state index in [2.05, 4.69) is 10.1 Å². The lowest BCUT2D eigenvalue weighted by Crippen LogP contribution is -2.20. The van der Waals surface area contributed by atoms with Crippen LogP contribution in [0.3, 0.4) is 0 Å². The summed E-state index contributed by atoms with van der Waals surface area (Å²) in [6.45, 7) is 0.380. The third-order valence-electron chi connectivity index (χ3n) is 2.22. The molecule has 0 spiro atoms. The predicted molar refractivity (Wildman–Crippen MR) is 67.4 cm³/mol. The third kappa shape index (κ3) is 5.06. The number of esters is 1. The third-order valence-corrected chi connectivity index (χ3v) is 2.58. The van der Waals surface area contributed by atoms with Gasteiger partial charge in [0.1, 0.15) is 0 Å². The zero-order chi connectivity index (χ0) is 12.7. The molecule has 0 aliphatic heterocycles. The summed E-state index contributed by atoms with van der Waals surface area (Å²) in [5.41, 5.74) is 1.71. The molecule has 0 radical (unpaired) electrons. The van der Waals surface area contributed by atoms with Crippen molar-refractivity contribution in [2.75, 3.05) is 24.9 Å². The summed E-state index contributed by atoms with van der Waals surface area (Å²) in [5, 5.41) is 12.3. The lowest BCUT2D eigenvalue weighted by atomic mass is 10.1. The number of methoxy groups -OCH3 is 1. The van der Waals surface area contributed by atoms with E-state index in [1.807, 2.05) is 24.3 Å². The second kappa shape index (κ2) is 7.14. The molecule has 0 fully saturated rings. The molecule has 0 aromatic heterocycles. The Labute approximate surface area is 106 Å². The topological polar surface area (TPSA) is 58.6 Å². The number of alkyl halides is 1. The van der Waals surface area contributed by atoms with Crippen LogP contribution in [0.25, 0.3) is 0 Å². The lowest BCUT2D eigenvalue weighted by Gasteiger charge is -2.10. The van der Waals surface area contributed by atoms with Gasteiger partial charge in [-0.05, 0) is 17.7 Å². The Morgan fingerprint density at radius 3 is 3.00 bits per heavy atom. The molecular formula is C12H16ClNO3. The summed E-state index contributed by atoms with van der Waals surface area (Å²) in [6.07, 6.45) is -0.342. The molecule has 0 aliphatic carbocycles. The van der Waals surface area contributed by atoms with Crippen molar-refractivity contribution in [1.29, 1.82) is 0 Å². The summed E-state index contributed by atoms with van der Waals surface area (Å²) in [6, 6.07) is 7.40. The highest BCUT2D eigenvalue weighted by Gasteiger charge is 2.04. The van der Waals surface area contributed by atoms with E-state index in [0.29, 0.717) is 6.54 Å². The van der Waals surface area contributed by atoms with Gasteiger partial charge >= 0.3 is 5.97 Å². The standard InChI is InChI=1S/C12H16ClNO3/c1-17-12(16)6-9-3-2-4-10(5-9)14-8-11(15)7-13/h2-5,11,14-15H,6-8H2,1H3. The molecule has 1 rings (SSSR count). The molecule has 0 bridgehead atoms. The molecule has 5 heteroatoms.